The van der Waals surface area contributed by atoms with Crippen LogP contribution < -0.4 is 5.32 Å². The number of likely N-dealkylation sites (N-methyl/N-ethyl adjacent to an activating group) is 1. The second kappa shape index (κ2) is 6.86. The Morgan fingerprint density at radius 1 is 1.40 bits per heavy atom. The second-order valence-corrected chi connectivity index (χ2v) is 5.37. The maximum atomic E-state index is 6.21. The molecule has 0 aliphatic heterocycles. The molecule has 0 saturated carbocycles. The summed E-state index contributed by atoms with van der Waals surface area (Å²) in [7, 11) is 1.92. The van der Waals surface area contributed by atoms with Gasteiger partial charge in [-0.05, 0) is 38.6 Å². The summed E-state index contributed by atoms with van der Waals surface area (Å²) >= 11 is 6.21. The zero-order valence-corrected chi connectivity index (χ0v) is 12.9. The highest BCUT2D eigenvalue weighted by Gasteiger charge is 2.16. The molecule has 1 N–H and O–H groups in total. The number of halogens is 1. The van der Waals surface area contributed by atoms with Crippen molar-refractivity contribution in [1.82, 2.24) is 20.1 Å². The van der Waals surface area contributed by atoms with Crippen LogP contribution in [0.15, 0.2) is 30.6 Å². The summed E-state index contributed by atoms with van der Waals surface area (Å²) in [6, 6.07) is 6.27. The SMILES string of the molecule is CCC(C)n1ccc(CC(NC)c2ncccc2Cl)n1. The predicted octanol–water partition coefficient (Wildman–Crippen LogP) is 3.41. The van der Waals surface area contributed by atoms with Gasteiger partial charge in [0.15, 0.2) is 0 Å². The first-order chi connectivity index (χ1) is 9.65. The molecule has 2 aromatic rings. The number of aromatic nitrogens is 3. The highest BCUT2D eigenvalue weighted by molar-refractivity contribution is 6.31. The van der Waals surface area contributed by atoms with E-state index < -0.39 is 0 Å². The first-order valence-corrected chi connectivity index (χ1v) is 7.35. The molecule has 108 valence electrons. The summed E-state index contributed by atoms with van der Waals surface area (Å²) in [5, 5.41) is 8.58. The standard InChI is InChI=1S/C15H21ClN4/c1-4-11(2)20-9-7-12(19-20)10-14(17-3)15-13(16)6-5-8-18-15/h5-9,11,14,17H,4,10H2,1-3H3. The van der Waals surface area contributed by atoms with Gasteiger partial charge in [-0.15, -0.1) is 0 Å². The lowest BCUT2D eigenvalue weighted by atomic mass is 10.1. The predicted molar refractivity (Wildman–Crippen MR) is 82.0 cm³/mol. The van der Waals surface area contributed by atoms with E-state index in [2.05, 4.69) is 35.3 Å². The minimum absolute atomic E-state index is 0.0731. The molecule has 4 nitrogen and oxygen atoms in total. The molecule has 5 heteroatoms. The van der Waals surface area contributed by atoms with Gasteiger partial charge in [0.25, 0.3) is 0 Å². The van der Waals surface area contributed by atoms with Crippen LogP contribution in [-0.4, -0.2) is 21.8 Å². The van der Waals surface area contributed by atoms with Crippen molar-refractivity contribution in [2.24, 2.45) is 0 Å². The molecule has 2 rings (SSSR count). The Morgan fingerprint density at radius 3 is 2.85 bits per heavy atom. The van der Waals surface area contributed by atoms with Crippen molar-refractivity contribution < 1.29 is 0 Å². The highest BCUT2D eigenvalue weighted by atomic mass is 35.5. The third-order valence-corrected chi connectivity index (χ3v) is 3.90. The summed E-state index contributed by atoms with van der Waals surface area (Å²) in [6.07, 6.45) is 5.65. The van der Waals surface area contributed by atoms with Crippen molar-refractivity contribution in [3.8, 4) is 0 Å². The molecule has 2 heterocycles. The summed E-state index contributed by atoms with van der Waals surface area (Å²) in [4.78, 5) is 4.37. The maximum Gasteiger partial charge on any atom is 0.0762 e. The summed E-state index contributed by atoms with van der Waals surface area (Å²) < 4.78 is 2.02. The number of nitrogens with one attached hydrogen (secondary N) is 1. The van der Waals surface area contributed by atoms with Crippen LogP contribution in [0.4, 0.5) is 0 Å². The normalized spacial score (nSPS) is 14.2. The van der Waals surface area contributed by atoms with Crippen LogP contribution in [-0.2, 0) is 6.42 Å². The highest BCUT2D eigenvalue weighted by Crippen LogP contribution is 2.23. The Bertz CT molecular complexity index is 552. The quantitative estimate of drug-likeness (QED) is 0.887. The van der Waals surface area contributed by atoms with Crippen LogP contribution in [0.25, 0.3) is 0 Å². The molecule has 0 amide bonds. The van der Waals surface area contributed by atoms with Gasteiger partial charge in [-0.1, -0.05) is 18.5 Å². The molecule has 2 atom stereocenters. The van der Waals surface area contributed by atoms with Crippen molar-refractivity contribution in [2.75, 3.05) is 7.05 Å². The Kier molecular flexibility index (Phi) is 5.15. The number of rotatable bonds is 6. The maximum absolute atomic E-state index is 6.21. The Labute approximate surface area is 125 Å². The first-order valence-electron chi connectivity index (χ1n) is 6.97. The van der Waals surface area contributed by atoms with Crippen LogP contribution in [0.1, 0.15) is 43.7 Å². The van der Waals surface area contributed by atoms with E-state index >= 15 is 0 Å². The molecule has 2 aromatic heterocycles. The summed E-state index contributed by atoms with van der Waals surface area (Å²) in [6.45, 7) is 4.33. The molecule has 0 saturated heterocycles. The number of hydrogen-bond donors (Lipinski definition) is 1. The van der Waals surface area contributed by atoms with Crippen molar-refractivity contribution in [2.45, 2.75) is 38.8 Å². The minimum atomic E-state index is 0.0731. The monoisotopic (exact) mass is 292 g/mol. The molecule has 20 heavy (non-hydrogen) atoms. The van der Waals surface area contributed by atoms with Crippen LogP contribution >= 0.6 is 11.6 Å². The van der Waals surface area contributed by atoms with Crippen LogP contribution in [0.5, 0.6) is 0 Å². The Morgan fingerprint density at radius 2 is 2.20 bits per heavy atom. The van der Waals surface area contributed by atoms with Crippen LogP contribution in [0.3, 0.4) is 0 Å². The van der Waals surface area contributed by atoms with Gasteiger partial charge in [-0.25, -0.2) is 0 Å². The number of hydrogen-bond acceptors (Lipinski definition) is 3. The number of pyridine rings is 1. The Balaban J connectivity index is 2.15. The van der Waals surface area contributed by atoms with Gasteiger partial charge in [-0.3, -0.25) is 9.67 Å². The fourth-order valence-electron chi connectivity index (χ4n) is 2.12. The van der Waals surface area contributed by atoms with Gasteiger partial charge in [0, 0.05) is 24.9 Å². The molecular formula is C15H21ClN4. The lowest BCUT2D eigenvalue weighted by Crippen LogP contribution is -2.20. The van der Waals surface area contributed by atoms with Crippen molar-refractivity contribution in [3.63, 3.8) is 0 Å². The fourth-order valence-corrected chi connectivity index (χ4v) is 2.37. The van der Waals surface area contributed by atoms with Gasteiger partial charge < -0.3 is 5.32 Å². The van der Waals surface area contributed by atoms with Gasteiger partial charge >= 0.3 is 0 Å². The zero-order chi connectivity index (χ0) is 14.5. The smallest absolute Gasteiger partial charge is 0.0762 e. The first kappa shape index (κ1) is 15.0. The van der Waals surface area contributed by atoms with Gasteiger partial charge in [0.2, 0.25) is 0 Å². The second-order valence-electron chi connectivity index (χ2n) is 4.96. The van der Waals surface area contributed by atoms with E-state index in [1.807, 2.05) is 30.1 Å². The number of nitrogens with zero attached hydrogens (tertiary/aromatic N) is 3. The average Bonchev–Trinajstić information content (AvgIpc) is 2.93. The summed E-state index contributed by atoms with van der Waals surface area (Å²) in [5.41, 5.74) is 1.92. The minimum Gasteiger partial charge on any atom is -0.311 e. The average molecular weight is 293 g/mol. The van der Waals surface area contributed by atoms with Crippen molar-refractivity contribution >= 4 is 11.6 Å². The molecule has 0 aliphatic rings. The molecule has 2 unspecified atom stereocenters. The van der Waals surface area contributed by atoms with E-state index in [-0.39, 0.29) is 6.04 Å². The van der Waals surface area contributed by atoms with E-state index in [1.54, 1.807) is 6.20 Å². The fraction of sp³-hybridized carbons (Fsp3) is 0.467. The van der Waals surface area contributed by atoms with Crippen molar-refractivity contribution in [1.29, 1.82) is 0 Å². The molecule has 0 spiro atoms. The Hall–Kier alpha value is -1.39. The van der Waals surface area contributed by atoms with Gasteiger partial charge in [0.05, 0.1) is 22.5 Å². The molecule has 0 bridgehead atoms. The van der Waals surface area contributed by atoms with Crippen molar-refractivity contribution in [3.05, 3.63) is 47.0 Å². The third kappa shape index (κ3) is 3.38. The zero-order valence-electron chi connectivity index (χ0n) is 12.2. The van der Waals surface area contributed by atoms with E-state index in [1.165, 1.54) is 0 Å². The lowest BCUT2D eigenvalue weighted by molar-refractivity contribution is 0.468. The summed E-state index contributed by atoms with van der Waals surface area (Å²) in [5.74, 6) is 0. The van der Waals surface area contributed by atoms with Gasteiger partial charge in [0.1, 0.15) is 0 Å². The van der Waals surface area contributed by atoms with E-state index in [4.69, 9.17) is 11.6 Å². The van der Waals surface area contributed by atoms with E-state index in [0.29, 0.717) is 11.1 Å². The molecular weight excluding hydrogens is 272 g/mol. The molecule has 0 radical (unpaired) electrons. The van der Waals surface area contributed by atoms with Gasteiger partial charge in [-0.2, -0.15) is 5.10 Å². The lowest BCUT2D eigenvalue weighted by Gasteiger charge is -2.15. The largest absolute Gasteiger partial charge is 0.311 e. The van der Waals surface area contributed by atoms with Crippen LogP contribution in [0.2, 0.25) is 5.02 Å². The van der Waals surface area contributed by atoms with E-state index in [9.17, 15) is 0 Å². The molecule has 0 fully saturated rings. The molecule has 0 aromatic carbocycles. The molecule has 0 aliphatic carbocycles. The van der Waals surface area contributed by atoms with E-state index in [0.717, 1.165) is 24.2 Å². The third-order valence-electron chi connectivity index (χ3n) is 3.58. The van der Waals surface area contributed by atoms with Crippen LogP contribution in [0, 0.1) is 0 Å². The topological polar surface area (TPSA) is 42.7 Å².